The number of thiocarbonyl (C=S) groups is 1. The zero-order valence-electron chi connectivity index (χ0n) is 11.4. The van der Waals surface area contributed by atoms with Crippen LogP contribution in [0.1, 0.15) is 19.0 Å². The van der Waals surface area contributed by atoms with Gasteiger partial charge in [0.2, 0.25) is 15.9 Å². The zero-order valence-corrected chi connectivity index (χ0v) is 13.1. The Balaban J connectivity index is 2.15. The van der Waals surface area contributed by atoms with E-state index in [9.17, 15) is 13.2 Å². The maximum absolute atomic E-state index is 12.5. The average molecular weight is 328 g/mol. The first-order chi connectivity index (χ1) is 9.80. The van der Waals surface area contributed by atoms with Gasteiger partial charge in [0.15, 0.2) is 0 Å². The van der Waals surface area contributed by atoms with E-state index in [4.69, 9.17) is 18.0 Å². The normalized spacial score (nSPS) is 19.4. The third-order valence-electron chi connectivity index (χ3n) is 3.18. The van der Waals surface area contributed by atoms with Gasteiger partial charge in [-0.1, -0.05) is 12.2 Å². The van der Waals surface area contributed by atoms with Crippen LogP contribution >= 0.6 is 12.2 Å². The van der Waals surface area contributed by atoms with E-state index in [2.05, 4.69) is 10.3 Å². The lowest BCUT2D eigenvalue weighted by atomic mass is 10.3. The molecule has 1 aromatic heterocycles. The van der Waals surface area contributed by atoms with E-state index in [1.165, 1.54) is 29.6 Å². The lowest BCUT2D eigenvalue weighted by Gasteiger charge is -2.16. The molecule has 0 bridgehead atoms. The van der Waals surface area contributed by atoms with Crippen molar-refractivity contribution in [2.24, 2.45) is 5.73 Å². The van der Waals surface area contributed by atoms with E-state index in [0.29, 0.717) is 18.7 Å². The summed E-state index contributed by atoms with van der Waals surface area (Å²) in [5.74, 6) is -0.165. The molecule has 0 saturated carbocycles. The smallest absolute Gasteiger partial charge is 0.244 e. The Morgan fingerprint density at radius 1 is 1.52 bits per heavy atom. The minimum Gasteiger partial charge on any atom is -0.388 e. The maximum atomic E-state index is 12.5. The van der Waals surface area contributed by atoms with Crippen molar-refractivity contribution < 1.29 is 13.2 Å². The van der Waals surface area contributed by atoms with E-state index in [1.54, 1.807) is 0 Å². The van der Waals surface area contributed by atoms with E-state index < -0.39 is 10.0 Å². The van der Waals surface area contributed by atoms with Crippen molar-refractivity contribution in [2.45, 2.75) is 24.3 Å². The van der Waals surface area contributed by atoms with Gasteiger partial charge in [0, 0.05) is 32.3 Å². The molecule has 21 heavy (non-hydrogen) atoms. The molecule has 0 aliphatic carbocycles. The first-order valence-electron chi connectivity index (χ1n) is 6.34. The van der Waals surface area contributed by atoms with Gasteiger partial charge < -0.3 is 11.1 Å². The van der Waals surface area contributed by atoms with E-state index >= 15 is 0 Å². The molecule has 1 aliphatic heterocycles. The molecule has 1 unspecified atom stereocenters. The fourth-order valence-corrected chi connectivity index (χ4v) is 3.75. The molecule has 1 aromatic rings. The van der Waals surface area contributed by atoms with Gasteiger partial charge in [0.1, 0.15) is 9.88 Å². The molecule has 114 valence electrons. The Hall–Kier alpha value is -1.58. The van der Waals surface area contributed by atoms with E-state index in [0.717, 1.165) is 0 Å². The fourth-order valence-electron chi connectivity index (χ4n) is 2.18. The molecular weight excluding hydrogens is 312 g/mol. The number of nitrogens with one attached hydrogen (secondary N) is 1. The van der Waals surface area contributed by atoms with Crippen molar-refractivity contribution in [1.82, 2.24) is 14.6 Å². The highest BCUT2D eigenvalue weighted by Crippen LogP contribution is 2.20. The standard InChI is InChI=1S/C12H16N4O3S2/c1-8(17)15-9-4-5-16(7-9)21(18,19)10-2-3-11(12(13)20)14-6-10/h2-3,6,9H,4-5,7H2,1H3,(H2,13,20)(H,15,17). The molecule has 1 fully saturated rings. The van der Waals surface area contributed by atoms with Crippen molar-refractivity contribution >= 4 is 33.1 Å². The van der Waals surface area contributed by atoms with E-state index in [-0.39, 0.29) is 28.4 Å². The second-order valence-corrected chi connectivity index (χ2v) is 7.17. The van der Waals surface area contributed by atoms with Crippen molar-refractivity contribution in [3.63, 3.8) is 0 Å². The summed E-state index contributed by atoms with van der Waals surface area (Å²) in [5, 5.41) is 2.73. The number of pyridine rings is 1. The highest BCUT2D eigenvalue weighted by atomic mass is 32.2. The Labute approximate surface area is 128 Å². The second-order valence-electron chi connectivity index (χ2n) is 4.79. The number of hydrogen-bond acceptors (Lipinski definition) is 5. The predicted octanol–water partition coefficient (Wildman–Crippen LogP) is -0.385. The van der Waals surface area contributed by atoms with Gasteiger partial charge in [0.25, 0.3) is 0 Å². The largest absolute Gasteiger partial charge is 0.388 e. The maximum Gasteiger partial charge on any atom is 0.244 e. The van der Waals surface area contributed by atoms with Crippen molar-refractivity contribution in [3.8, 4) is 0 Å². The van der Waals surface area contributed by atoms with Gasteiger partial charge in [-0.25, -0.2) is 8.42 Å². The number of carbonyl (C=O) groups is 1. The molecule has 3 N–H and O–H groups in total. The quantitative estimate of drug-likeness (QED) is 0.730. The SMILES string of the molecule is CC(=O)NC1CCN(S(=O)(=O)c2ccc(C(N)=S)nc2)C1. The molecule has 0 spiro atoms. The minimum absolute atomic E-state index is 0.0889. The summed E-state index contributed by atoms with van der Waals surface area (Å²) in [6.45, 7) is 2.04. The summed E-state index contributed by atoms with van der Waals surface area (Å²) in [5.41, 5.74) is 5.80. The van der Waals surface area contributed by atoms with Gasteiger partial charge in [-0.2, -0.15) is 4.31 Å². The Bertz CT molecular complexity index is 658. The number of hydrogen-bond donors (Lipinski definition) is 2. The van der Waals surface area contributed by atoms with E-state index in [1.807, 2.05) is 0 Å². The summed E-state index contributed by atoms with van der Waals surface area (Å²) in [6, 6.07) is 2.76. The fraction of sp³-hybridized carbons (Fsp3) is 0.417. The van der Waals surface area contributed by atoms with Crippen LogP contribution in [0.5, 0.6) is 0 Å². The average Bonchev–Trinajstić information content (AvgIpc) is 2.87. The molecule has 7 nitrogen and oxygen atoms in total. The minimum atomic E-state index is -3.61. The predicted molar refractivity (Wildman–Crippen MR) is 81.1 cm³/mol. The molecule has 1 amide bonds. The van der Waals surface area contributed by atoms with Gasteiger partial charge in [-0.05, 0) is 18.6 Å². The Kier molecular flexibility index (Phi) is 4.55. The van der Waals surface area contributed by atoms with Crippen LogP contribution in [-0.2, 0) is 14.8 Å². The number of nitrogens with two attached hydrogens (primary N) is 1. The van der Waals surface area contributed by atoms with Crippen LogP contribution < -0.4 is 11.1 Å². The van der Waals surface area contributed by atoms with Crippen LogP contribution in [0.25, 0.3) is 0 Å². The molecule has 0 aromatic carbocycles. The van der Waals surface area contributed by atoms with Crippen LogP contribution in [0.4, 0.5) is 0 Å². The van der Waals surface area contributed by atoms with Crippen LogP contribution in [0, 0.1) is 0 Å². The third-order valence-corrected chi connectivity index (χ3v) is 5.24. The van der Waals surface area contributed by atoms with Crippen molar-refractivity contribution in [1.29, 1.82) is 0 Å². The van der Waals surface area contributed by atoms with Gasteiger partial charge in [-0.15, -0.1) is 0 Å². The van der Waals surface area contributed by atoms with Gasteiger partial charge in [-0.3, -0.25) is 9.78 Å². The number of aromatic nitrogens is 1. The number of nitrogens with zero attached hydrogens (tertiary/aromatic N) is 2. The van der Waals surface area contributed by atoms with Crippen LogP contribution in [0.3, 0.4) is 0 Å². The van der Waals surface area contributed by atoms with Gasteiger partial charge >= 0.3 is 0 Å². The first kappa shape index (κ1) is 15.8. The summed E-state index contributed by atoms with van der Waals surface area (Å²) in [4.78, 5) is 15.2. The number of rotatable bonds is 4. The molecule has 0 radical (unpaired) electrons. The van der Waals surface area contributed by atoms with Gasteiger partial charge in [0.05, 0.1) is 5.69 Å². The van der Waals surface area contributed by atoms with Crippen molar-refractivity contribution in [3.05, 3.63) is 24.0 Å². The molecule has 2 heterocycles. The number of carbonyl (C=O) groups excluding carboxylic acids is 1. The van der Waals surface area contributed by atoms with Crippen LogP contribution in [-0.4, -0.2) is 47.7 Å². The highest BCUT2D eigenvalue weighted by molar-refractivity contribution is 7.89. The lowest BCUT2D eigenvalue weighted by Crippen LogP contribution is -2.37. The van der Waals surface area contributed by atoms with Crippen LogP contribution in [0.15, 0.2) is 23.2 Å². The number of amides is 1. The summed E-state index contributed by atoms with van der Waals surface area (Å²) in [6.07, 6.45) is 1.84. The molecule has 1 aliphatic rings. The summed E-state index contributed by atoms with van der Waals surface area (Å²) in [7, 11) is -3.61. The monoisotopic (exact) mass is 328 g/mol. The topological polar surface area (TPSA) is 105 Å². The highest BCUT2D eigenvalue weighted by Gasteiger charge is 2.33. The first-order valence-corrected chi connectivity index (χ1v) is 8.18. The molecule has 2 rings (SSSR count). The van der Waals surface area contributed by atoms with Crippen LogP contribution in [0.2, 0.25) is 0 Å². The lowest BCUT2D eigenvalue weighted by molar-refractivity contribution is -0.119. The Morgan fingerprint density at radius 2 is 2.24 bits per heavy atom. The summed E-state index contributed by atoms with van der Waals surface area (Å²) >= 11 is 4.78. The second kappa shape index (κ2) is 6.04. The Morgan fingerprint density at radius 3 is 2.76 bits per heavy atom. The molecule has 1 atom stereocenters. The zero-order chi connectivity index (χ0) is 15.6. The molecule has 1 saturated heterocycles. The molecule has 9 heteroatoms. The molecular formula is C12H16N4O3S2. The number of sulfonamides is 1. The van der Waals surface area contributed by atoms with Crippen molar-refractivity contribution in [2.75, 3.05) is 13.1 Å². The third kappa shape index (κ3) is 3.55. The summed E-state index contributed by atoms with van der Waals surface area (Å²) < 4.78 is 26.3.